The zero-order chi connectivity index (χ0) is 14.5. The Bertz CT molecular complexity index is 577. The van der Waals surface area contributed by atoms with Crippen LogP contribution in [0.4, 0.5) is 0 Å². The molecule has 3 rings (SSSR count). The highest BCUT2D eigenvalue weighted by atomic mass is 16.5. The van der Waals surface area contributed by atoms with Crippen LogP contribution < -0.4 is 0 Å². The van der Waals surface area contributed by atoms with Crippen molar-refractivity contribution in [2.45, 2.75) is 37.9 Å². The van der Waals surface area contributed by atoms with Gasteiger partial charge >= 0.3 is 0 Å². The summed E-state index contributed by atoms with van der Waals surface area (Å²) >= 11 is 0. The van der Waals surface area contributed by atoms with Gasteiger partial charge in [0.05, 0.1) is 12.2 Å². The number of ether oxygens (including phenoxy) is 1. The Balaban J connectivity index is 1.63. The van der Waals surface area contributed by atoms with Crippen LogP contribution in [0.25, 0.3) is 0 Å². The first-order chi connectivity index (χ1) is 10.3. The summed E-state index contributed by atoms with van der Waals surface area (Å²) < 4.78 is 6.14. The molecule has 2 aromatic carbocycles. The predicted octanol–water partition coefficient (Wildman–Crippen LogP) is 4.57. The summed E-state index contributed by atoms with van der Waals surface area (Å²) in [7, 11) is 0. The Morgan fingerprint density at radius 3 is 2.33 bits per heavy atom. The van der Waals surface area contributed by atoms with Gasteiger partial charge in [-0.1, -0.05) is 60.7 Å². The lowest BCUT2D eigenvalue weighted by Crippen LogP contribution is -2.25. The summed E-state index contributed by atoms with van der Waals surface area (Å²) in [6, 6.07) is 19.8. The van der Waals surface area contributed by atoms with E-state index in [0.29, 0.717) is 6.42 Å². The zero-order valence-electron chi connectivity index (χ0n) is 12.1. The molecule has 2 atom stereocenters. The van der Waals surface area contributed by atoms with Crippen molar-refractivity contribution in [2.75, 3.05) is 0 Å². The highest BCUT2D eigenvalue weighted by Gasteiger charge is 2.25. The van der Waals surface area contributed by atoms with Crippen molar-refractivity contribution >= 4 is 5.78 Å². The van der Waals surface area contributed by atoms with Crippen molar-refractivity contribution < 1.29 is 9.53 Å². The third kappa shape index (κ3) is 3.59. The second kappa shape index (κ2) is 6.68. The lowest BCUT2D eigenvalue weighted by molar-refractivity contribution is -0.0508. The number of hydrogen-bond donors (Lipinski definition) is 0. The lowest BCUT2D eigenvalue weighted by Gasteiger charge is -2.30. The zero-order valence-corrected chi connectivity index (χ0v) is 12.1. The first kappa shape index (κ1) is 14.0. The van der Waals surface area contributed by atoms with Gasteiger partial charge in [-0.25, -0.2) is 0 Å². The second-order valence-corrected chi connectivity index (χ2v) is 5.58. The van der Waals surface area contributed by atoms with Gasteiger partial charge in [-0.3, -0.25) is 4.79 Å². The predicted molar refractivity (Wildman–Crippen MR) is 83.3 cm³/mol. The molecule has 1 heterocycles. The van der Waals surface area contributed by atoms with Crippen LogP contribution in [0.5, 0.6) is 0 Å². The average Bonchev–Trinajstić information content (AvgIpc) is 2.57. The van der Waals surface area contributed by atoms with Gasteiger partial charge in [0.15, 0.2) is 5.78 Å². The Morgan fingerprint density at radius 2 is 1.62 bits per heavy atom. The summed E-state index contributed by atoms with van der Waals surface area (Å²) in [6.45, 7) is 0. The summed E-state index contributed by atoms with van der Waals surface area (Å²) in [5.74, 6) is 0.175. The highest BCUT2D eigenvalue weighted by Crippen LogP contribution is 2.32. The molecule has 0 aliphatic carbocycles. The highest BCUT2D eigenvalue weighted by molar-refractivity contribution is 5.96. The average molecular weight is 280 g/mol. The molecule has 1 aliphatic rings. The maximum Gasteiger partial charge on any atom is 0.165 e. The van der Waals surface area contributed by atoms with Gasteiger partial charge in [0, 0.05) is 12.0 Å². The van der Waals surface area contributed by atoms with Crippen molar-refractivity contribution in [1.82, 2.24) is 0 Å². The van der Waals surface area contributed by atoms with E-state index in [9.17, 15) is 4.79 Å². The normalized spacial score (nSPS) is 21.9. The minimum Gasteiger partial charge on any atom is -0.370 e. The van der Waals surface area contributed by atoms with E-state index >= 15 is 0 Å². The minimum atomic E-state index is 0.0386. The van der Waals surface area contributed by atoms with E-state index in [1.54, 1.807) is 0 Å². The van der Waals surface area contributed by atoms with Gasteiger partial charge in [0.25, 0.3) is 0 Å². The van der Waals surface area contributed by atoms with Crippen molar-refractivity contribution in [1.29, 1.82) is 0 Å². The van der Waals surface area contributed by atoms with Crippen LogP contribution in [0, 0.1) is 0 Å². The van der Waals surface area contributed by atoms with Crippen molar-refractivity contribution in [2.24, 2.45) is 0 Å². The molecular formula is C19H20O2. The largest absolute Gasteiger partial charge is 0.370 e. The molecule has 108 valence electrons. The summed E-state index contributed by atoms with van der Waals surface area (Å²) in [5.41, 5.74) is 2.00. The van der Waals surface area contributed by atoms with Crippen molar-refractivity contribution in [3.05, 3.63) is 71.8 Å². The van der Waals surface area contributed by atoms with Gasteiger partial charge in [-0.2, -0.15) is 0 Å². The fraction of sp³-hybridized carbons (Fsp3) is 0.316. The van der Waals surface area contributed by atoms with E-state index in [4.69, 9.17) is 4.74 Å². The molecule has 0 bridgehead atoms. The molecule has 1 fully saturated rings. The molecule has 0 N–H and O–H groups in total. The van der Waals surface area contributed by atoms with E-state index < -0.39 is 0 Å². The Labute approximate surface area is 125 Å². The molecule has 0 saturated carbocycles. The van der Waals surface area contributed by atoms with Crippen LogP contribution in [0.2, 0.25) is 0 Å². The number of hydrogen-bond acceptors (Lipinski definition) is 2. The fourth-order valence-electron chi connectivity index (χ4n) is 2.91. The van der Waals surface area contributed by atoms with Gasteiger partial charge in [0.1, 0.15) is 0 Å². The number of carbonyl (C=O) groups excluding carboxylic acids is 1. The number of ketones is 1. The minimum absolute atomic E-state index is 0.0386. The lowest BCUT2D eigenvalue weighted by atomic mass is 9.95. The van der Waals surface area contributed by atoms with Crippen LogP contribution in [0.1, 0.15) is 47.7 Å². The number of rotatable bonds is 4. The molecular weight excluding hydrogens is 260 g/mol. The third-order valence-corrected chi connectivity index (χ3v) is 4.03. The van der Waals surface area contributed by atoms with Crippen LogP contribution in [0.3, 0.4) is 0 Å². The smallest absolute Gasteiger partial charge is 0.165 e. The SMILES string of the molecule is O=C(C[C@H]1CCC[C@@H](c2ccccc2)O1)c1ccccc1. The Morgan fingerprint density at radius 1 is 0.952 bits per heavy atom. The molecule has 2 nitrogen and oxygen atoms in total. The maximum atomic E-state index is 12.3. The quantitative estimate of drug-likeness (QED) is 0.767. The summed E-state index contributed by atoms with van der Waals surface area (Å²) in [6.07, 6.45) is 3.78. The molecule has 0 aromatic heterocycles. The molecule has 1 saturated heterocycles. The monoisotopic (exact) mass is 280 g/mol. The standard InChI is InChI=1S/C19H20O2/c20-18(15-8-3-1-4-9-15)14-17-12-7-13-19(21-17)16-10-5-2-6-11-16/h1-6,8-11,17,19H,7,12-14H2/t17-,19+/m1/s1. The van der Waals surface area contributed by atoms with Crippen molar-refractivity contribution in [3.63, 3.8) is 0 Å². The maximum absolute atomic E-state index is 12.3. The molecule has 0 unspecified atom stereocenters. The molecule has 0 radical (unpaired) electrons. The fourth-order valence-corrected chi connectivity index (χ4v) is 2.91. The second-order valence-electron chi connectivity index (χ2n) is 5.58. The molecule has 2 heteroatoms. The Kier molecular flexibility index (Phi) is 4.46. The first-order valence-corrected chi connectivity index (χ1v) is 7.61. The summed E-state index contributed by atoms with van der Waals surface area (Å²) in [4.78, 5) is 12.3. The van der Waals surface area contributed by atoms with E-state index in [1.807, 2.05) is 48.5 Å². The number of Topliss-reactive ketones (excluding diaryl/α,β-unsaturated/α-hetero) is 1. The van der Waals surface area contributed by atoms with Gasteiger partial charge in [-0.15, -0.1) is 0 Å². The number of benzene rings is 2. The van der Waals surface area contributed by atoms with E-state index in [-0.39, 0.29) is 18.0 Å². The van der Waals surface area contributed by atoms with Gasteiger partial charge < -0.3 is 4.74 Å². The van der Waals surface area contributed by atoms with E-state index in [2.05, 4.69) is 12.1 Å². The molecule has 0 spiro atoms. The van der Waals surface area contributed by atoms with Crippen LogP contribution in [0.15, 0.2) is 60.7 Å². The van der Waals surface area contributed by atoms with Crippen LogP contribution in [-0.4, -0.2) is 11.9 Å². The van der Waals surface area contributed by atoms with E-state index in [1.165, 1.54) is 5.56 Å². The van der Waals surface area contributed by atoms with Crippen LogP contribution in [-0.2, 0) is 4.74 Å². The third-order valence-electron chi connectivity index (χ3n) is 4.03. The van der Waals surface area contributed by atoms with Crippen molar-refractivity contribution in [3.8, 4) is 0 Å². The molecule has 21 heavy (non-hydrogen) atoms. The van der Waals surface area contributed by atoms with E-state index in [0.717, 1.165) is 24.8 Å². The Hall–Kier alpha value is -1.93. The summed E-state index contributed by atoms with van der Waals surface area (Å²) in [5, 5.41) is 0. The topological polar surface area (TPSA) is 26.3 Å². The van der Waals surface area contributed by atoms with Gasteiger partial charge in [0.2, 0.25) is 0 Å². The molecule has 1 aliphatic heterocycles. The number of carbonyl (C=O) groups is 1. The molecule has 0 amide bonds. The van der Waals surface area contributed by atoms with Gasteiger partial charge in [-0.05, 0) is 24.8 Å². The van der Waals surface area contributed by atoms with Crippen LogP contribution >= 0.6 is 0 Å². The first-order valence-electron chi connectivity index (χ1n) is 7.61. The molecule has 2 aromatic rings.